The summed E-state index contributed by atoms with van der Waals surface area (Å²) in [5, 5.41) is 8.17. The molecule has 0 aliphatic carbocycles. The number of aliphatic hydroxyl groups excluding tert-OH is 1. The Balaban J connectivity index is 3.61. The Labute approximate surface area is 154 Å². The molecule has 7 nitrogen and oxygen atoms in total. The molecule has 1 aromatic carbocycles. The zero-order valence-electron chi connectivity index (χ0n) is 15.2. The van der Waals surface area contributed by atoms with Crippen molar-refractivity contribution in [3.05, 3.63) is 41.0 Å². The van der Waals surface area contributed by atoms with E-state index >= 15 is 0 Å². The van der Waals surface area contributed by atoms with Crippen LogP contribution in [-0.4, -0.2) is 37.2 Å². The van der Waals surface area contributed by atoms with Crippen molar-refractivity contribution in [1.29, 1.82) is 0 Å². The van der Waals surface area contributed by atoms with Crippen molar-refractivity contribution in [2.45, 2.75) is 43.8 Å². The number of amides is 2. The molecule has 0 fully saturated rings. The maximum absolute atomic E-state index is 13.0. The van der Waals surface area contributed by atoms with Crippen LogP contribution in [0.1, 0.15) is 32.3 Å². The number of primary amides is 2. The number of benzene rings is 1. The van der Waals surface area contributed by atoms with Gasteiger partial charge in [-0.25, -0.2) is 8.42 Å². The van der Waals surface area contributed by atoms with E-state index in [9.17, 15) is 23.1 Å². The molecule has 0 aromatic heterocycles. The van der Waals surface area contributed by atoms with Crippen LogP contribution in [0.2, 0.25) is 0 Å². The van der Waals surface area contributed by atoms with E-state index in [1.807, 2.05) is 0 Å². The van der Waals surface area contributed by atoms with Gasteiger partial charge in [0.2, 0.25) is 11.8 Å². The highest BCUT2D eigenvalue weighted by Crippen LogP contribution is 2.31. The maximum Gasteiger partial charge on any atom is 0.244 e. The fourth-order valence-electron chi connectivity index (χ4n) is 3.09. The quantitative estimate of drug-likeness (QED) is 0.543. The summed E-state index contributed by atoms with van der Waals surface area (Å²) < 4.78 is 26.1. The Bertz CT molecular complexity index is 797. The van der Waals surface area contributed by atoms with E-state index in [-0.39, 0.29) is 23.3 Å². The molecule has 5 N–H and O–H groups in total. The second-order valence-electron chi connectivity index (χ2n) is 6.05. The highest BCUT2D eigenvalue weighted by molar-refractivity contribution is 7.92. The first-order valence-corrected chi connectivity index (χ1v) is 9.88. The maximum atomic E-state index is 13.0. The molecule has 0 saturated carbocycles. The lowest BCUT2D eigenvalue weighted by Gasteiger charge is -2.27. The number of aliphatic hydroxyl groups is 1. The highest BCUT2D eigenvalue weighted by atomic mass is 32.2. The van der Waals surface area contributed by atoms with Gasteiger partial charge in [0, 0.05) is 11.5 Å². The summed E-state index contributed by atoms with van der Waals surface area (Å²) in [6, 6.07) is 5.99. The third-order valence-electron chi connectivity index (χ3n) is 4.39. The van der Waals surface area contributed by atoms with Gasteiger partial charge < -0.3 is 16.6 Å². The van der Waals surface area contributed by atoms with Crippen molar-refractivity contribution >= 4 is 21.7 Å². The van der Waals surface area contributed by atoms with Gasteiger partial charge in [-0.3, -0.25) is 9.59 Å². The molecule has 2 unspecified atom stereocenters. The van der Waals surface area contributed by atoms with Crippen LogP contribution in [0, 0.1) is 12.8 Å². The van der Waals surface area contributed by atoms with Crippen LogP contribution in [0.3, 0.4) is 0 Å². The predicted octanol–water partition coefficient (Wildman–Crippen LogP) is 0.833. The van der Waals surface area contributed by atoms with Gasteiger partial charge in [-0.2, -0.15) is 0 Å². The zero-order chi connectivity index (χ0) is 20.1. The molecule has 0 bridgehead atoms. The van der Waals surface area contributed by atoms with Gasteiger partial charge >= 0.3 is 0 Å². The molecule has 0 spiro atoms. The molecule has 2 atom stereocenters. The number of carbonyl (C=O) groups is 2. The van der Waals surface area contributed by atoms with Crippen LogP contribution in [0.4, 0.5) is 0 Å². The first-order valence-electron chi connectivity index (χ1n) is 8.34. The minimum Gasteiger partial charge on any atom is -0.396 e. The zero-order valence-corrected chi connectivity index (χ0v) is 16.0. The Morgan fingerprint density at radius 2 is 1.62 bits per heavy atom. The van der Waals surface area contributed by atoms with Crippen LogP contribution < -0.4 is 11.5 Å². The second kappa shape index (κ2) is 8.95. The van der Waals surface area contributed by atoms with Crippen molar-refractivity contribution < 1.29 is 23.1 Å². The van der Waals surface area contributed by atoms with Crippen molar-refractivity contribution in [3.63, 3.8) is 0 Å². The van der Waals surface area contributed by atoms with Gasteiger partial charge in [0.05, 0.1) is 11.5 Å². The largest absolute Gasteiger partial charge is 0.396 e. The van der Waals surface area contributed by atoms with E-state index in [2.05, 4.69) is 0 Å². The van der Waals surface area contributed by atoms with E-state index in [1.54, 1.807) is 32.9 Å². The Kier molecular flexibility index (Phi) is 7.53. The molecule has 8 heteroatoms. The van der Waals surface area contributed by atoms with Gasteiger partial charge in [0.1, 0.15) is 0 Å². The molecule has 1 aromatic rings. The molecular weight excluding hydrogens is 356 g/mol. The summed E-state index contributed by atoms with van der Waals surface area (Å²) in [5.74, 6) is -2.94. The smallest absolute Gasteiger partial charge is 0.244 e. The van der Waals surface area contributed by atoms with Gasteiger partial charge in [0.15, 0.2) is 15.1 Å². The minimum atomic E-state index is -4.17. The first-order chi connectivity index (χ1) is 12.1. The van der Waals surface area contributed by atoms with Crippen molar-refractivity contribution in [1.82, 2.24) is 0 Å². The van der Waals surface area contributed by atoms with Crippen LogP contribution in [-0.2, 0) is 19.4 Å². The highest BCUT2D eigenvalue weighted by Gasteiger charge is 2.41. The van der Waals surface area contributed by atoms with Crippen molar-refractivity contribution in [2.75, 3.05) is 6.61 Å². The van der Waals surface area contributed by atoms with Gasteiger partial charge in [-0.1, -0.05) is 37.1 Å². The predicted molar refractivity (Wildman–Crippen MR) is 98.7 cm³/mol. The molecule has 144 valence electrons. The molecule has 26 heavy (non-hydrogen) atoms. The van der Waals surface area contributed by atoms with Crippen molar-refractivity contribution in [3.8, 4) is 0 Å². The molecule has 0 aliphatic heterocycles. The molecule has 0 aliphatic rings. The average Bonchev–Trinajstić information content (AvgIpc) is 2.57. The van der Waals surface area contributed by atoms with Gasteiger partial charge in [-0.05, 0) is 31.9 Å². The van der Waals surface area contributed by atoms with Crippen LogP contribution in [0.5, 0.6) is 0 Å². The van der Waals surface area contributed by atoms with E-state index in [0.29, 0.717) is 5.57 Å². The van der Waals surface area contributed by atoms with E-state index in [0.717, 1.165) is 5.56 Å². The van der Waals surface area contributed by atoms with Crippen LogP contribution >= 0.6 is 0 Å². The molecule has 0 radical (unpaired) electrons. The van der Waals surface area contributed by atoms with Crippen molar-refractivity contribution in [2.24, 2.45) is 17.4 Å². The van der Waals surface area contributed by atoms with Crippen LogP contribution in [0.15, 0.2) is 40.3 Å². The fourth-order valence-corrected chi connectivity index (χ4v) is 4.89. The topological polar surface area (TPSA) is 141 Å². The number of sulfone groups is 1. The number of aryl methyl sites for hydroxylation is 1. The third-order valence-corrected chi connectivity index (χ3v) is 6.55. The molecule has 0 heterocycles. The lowest BCUT2D eigenvalue weighted by atomic mass is 9.88. The normalized spacial score (nSPS) is 15.1. The molecular formula is C18H26N2O5S. The Hall–Kier alpha value is -2.19. The summed E-state index contributed by atoms with van der Waals surface area (Å²) in [4.78, 5) is 23.7. The monoisotopic (exact) mass is 382 g/mol. The van der Waals surface area contributed by atoms with E-state index < -0.39 is 39.4 Å². The summed E-state index contributed by atoms with van der Waals surface area (Å²) in [7, 11) is -4.17. The average molecular weight is 382 g/mol. The first kappa shape index (κ1) is 21.9. The number of carbonyl (C=O) groups excluding carboxylic acids is 2. The third kappa shape index (κ3) is 4.50. The Morgan fingerprint density at radius 1 is 1.08 bits per heavy atom. The summed E-state index contributed by atoms with van der Waals surface area (Å²) >= 11 is 0. The fraction of sp³-hybridized carbons (Fsp3) is 0.444. The lowest BCUT2D eigenvalue weighted by molar-refractivity contribution is -0.119. The molecule has 2 amide bonds. The molecule has 0 saturated heterocycles. The minimum absolute atomic E-state index is 0.0714. The van der Waals surface area contributed by atoms with Gasteiger partial charge in [0.25, 0.3) is 0 Å². The summed E-state index contributed by atoms with van der Waals surface area (Å²) in [5.41, 5.74) is 12.2. The summed E-state index contributed by atoms with van der Waals surface area (Å²) in [6.45, 7) is 4.54. The van der Waals surface area contributed by atoms with E-state index in [4.69, 9.17) is 11.5 Å². The van der Waals surface area contributed by atoms with E-state index in [1.165, 1.54) is 12.1 Å². The lowest BCUT2D eigenvalue weighted by Crippen LogP contribution is -2.44. The number of rotatable bonds is 9. The SMILES string of the molecule is CCC(C(N)=O)=C(CC)C(CO)C(C(N)=O)S(=O)(=O)c1ccc(C)cc1. The molecule has 1 rings (SSSR count). The number of hydrogen-bond acceptors (Lipinski definition) is 5. The standard InChI is InChI=1S/C18H26N2O5S/c1-4-13(14(5-2)17(19)22)15(10-21)16(18(20)23)26(24,25)12-8-6-11(3)7-9-12/h6-9,15-16,21H,4-5,10H2,1-3H3,(H2,19,22)(H2,20,23). The number of hydrogen-bond donors (Lipinski definition) is 3. The number of nitrogens with two attached hydrogens (primary N) is 2. The summed E-state index contributed by atoms with van der Waals surface area (Å²) in [6.07, 6.45) is 0.510. The van der Waals surface area contributed by atoms with Gasteiger partial charge in [-0.15, -0.1) is 0 Å². The van der Waals surface area contributed by atoms with Crippen LogP contribution in [0.25, 0.3) is 0 Å². The second-order valence-corrected chi connectivity index (χ2v) is 8.11. The Morgan fingerprint density at radius 3 is 1.96 bits per heavy atom.